The van der Waals surface area contributed by atoms with Crippen molar-refractivity contribution in [3.05, 3.63) is 23.9 Å². The van der Waals surface area contributed by atoms with E-state index >= 15 is 0 Å². The fourth-order valence-corrected chi connectivity index (χ4v) is 2.61. The molecule has 21 heavy (non-hydrogen) atoms. The van der Waals surface area contributed by atoms with Crippen molar-refractivity contribution in [1.82, 2.24) is 15.2 Å². The number of hydrogen-bond donors (Lipinski definition) is 1. The average Bonchev–Trinajstić information content (AvgIpc) is 2.71. The SMILES string of the molecule is CC(=O)N1CCCN(c2ncccc2CNC(C)C)CC1. The molecule has 1 N–H and O–H groups in total. The predicted molar refractivity (Wildman–Crippen MR) is 85.3 cm³/mol. The maximum Gasteiger partial charge on any atom is 0.219 e. The molecule has 116 valence electrons. The minimum Gasteiger partial charge on any atom is -0.355 e. The molecule has 0 aromatic carbocycles. The third-order valence-corrected chi connectivity index (χ3v) is 3.81. The zero-order valence-electron chi connectivity index (χ0n) is 13.3. The summed E-state index contributed by atoms with van der Waals surface area (Å²) in [6.45, 7) is 10.2. The normalized spacial score (nSPS) is 16.2. The van der Waals surface area contributed by atoms with Crippen LogP contribution in [-0.4, -0.2) is 48.0 Å². The fourth-order valence-electron chi connectivity index (χ4n) is 2.61. The van der Waals surface area contributed by atoms with Crippen LogP contribution in [0.5, 0.6) is 0 Å². The van der Waals surface area contributed by atoms with E-state index in [-0.39, 0.29) is 5.91 Å². The summed E-state index contributed by atoms with van der Waals surface area (Å²) in [4.78, 5) is 20.3. The Kier molecular flexibility index (Phi) is 5.56. The first-order valence-corrected chi connectivity index (χ1v) is 7.75. The van der Waals surface area contributed by atoms with Crippen LogP contribution in [0.2, 0.25) is 0 Å². The molecular formula is C16H26N4O. The largest absolute Gasteiger partial charge is 0.355 e. The van der Waals surface area contributed by atoms with Gasteiger partial charge in [0.05, 0.1) is 0 Å². The van der Waals surface area contributed by atoms with E-state index in [0.717, 1.165) is 45.0 Å². The molecule has 0 unspecified atom stereocenters. The van der Waals surface area contributed by atoms with Crippen LogP contribution in [0.15, 0.2) is 18.3 Å². The van der Waals surface area contributed by atoms with Gasteiger partial charge in [0.1, 0.15) is 5.82 Å². The Morgan fingerprint density at radius 1 is 1.33 bits per heavy atom. The smallest absolute Gasteiger partial charge is 0.219 e. The molecule has 1 fully saturated rings. The lowest BCUT2D eigenvalue weighted by atomic mass is 10.2. The number of amides is 1. The number of rotatable bonds is 4. The van der Waals surface area contributed by atoms with E-state index < -0.39 is 0 Å². The van der Waals surface area contributed by atoms with Crippen LogP contribution >= 0.6 is 0 Å². The van der Waals surface area contributed by atoms with Gasteiger partial charge in [-0.15, -0.1) is 0 Å². The molecule has 1 aromatic rings. The summed E-state index contributed by atoms with van der Waals surface area (Å²) in [5.74, 6) is 1.22. The van der Waals surface area contributed by atoms with Crippen LogP contribution in [-0.2, 0) is 11.3 Å². The van der Waals surface area contributed by atoms with Gasteiger partial charge in [0.15, 0.2) is 0 Å². The van der Waals surface area contributed by atoms with Gasteiger partial charge in [-0.3, -0.25) is 4.79 Å². The number of nitrogens with zero attached hydrogens (tertiary/aromatic N) is 3. The van der Waals surface area contributed by atoms with Gasteiger partial charge in [0.2, 0.25) is 5.91 Å². The lowest BCUT2D eigenvalue weighted by Crippen LogP contribution is -2.34. The van der Waals surface area contributed by atoms with E-state index in [1.54, 1.807) is 6.92 Å². The molecule has 0 atom stereocenters. The van der Waals surface area contributed by atoms with Crippen molar-refractivity contribution in [2.24, 2.45) is 0 Å². The van der Waals surface area contributed by atoms with Crippen molar-refractivity contribution < 1.29 is 4.79 Å². The molecule has 0 aliphatic carbocycles. The molecule has 0 radical (unpaired) electrons. The molecule has 1 amide bonds. The Balaban J connectivity index is 2.08. The maximum atomic E-state index is 11.5. The van der Waals surface area contributed by atoms with Crippen molar-refractivity contribution >= 4 is 11.7 Å². The zero-order chi connectivity index (χ0) is 15.2. The van der Waals surface area contributed by atoms with E-state index in [1.165, 1.54) is 5.56 Å². The quantitative estimate of drug-likeness (QED) is 0.916. The standard InChI is InChI=1S/C16H26N4O/c1-13(2)18-12-15-6-4-7-17-16(15)20-9-5-8-19(10-11-20)14(3)21/h4,6-7,13,18H,5,8-12H2,1-3H3. The summed E-state index contributed by atoms with van der Waals surface area (Å²) in [7, 11) is 0. The van der Waals surface area contributed by atoms with Crippen LogP contribution < -0.4 is 10.2 Å². The summed E-state index contributed by atoms with van der Waals surface area (Å²) in [6.07, 6.45) is 2.84. The third-order valence-electron chi connectivity index (χ3n) is 3.81. The molecule has 1 saturated heterocycles. The van der Waals surface area contributed by atoms with E-state index in [1.807, 2.05) is 17.2 Å². The molecular weight excluding hydrogens is 264 g/mol. The summed E-state index contributed by atoms with van der Waals surface area (Å²) < 4.78 is 0. The Morgan fingerprint density at radius 2 is 2.14 bits per heavy atom. The summed E-state index contributed by atoms with van der Waals surface area (Å²) >= 11 is 0. The molecule has 1 aliphatic heterocycles. The number of pyridine rings is 1. The van der Waals surface area contributed by atoms with E-state index in [0.29, 0.717) is 6.04 Å². The summed E-state index contributed by atoms with van der Waals surface area (Å²) in [5, 5.41) is 3.45. The van der Waals surface area contributed by atoms with Gasteiger partial charge in [0, 0.05) is 57.4 Å². The van der Waals surface area contributed by atoms with Crippen molar-refractivity contribution in [1.29, 1.82) is 0 Å². The highest BCUT2D eigenvalue weighted by molar-refractivity contribution is 5.73. The molecule has 0 spiro atoms. The van der Waals surface area contributed by atoms with E-state index in [2.05, 4.69) is 35.1 Å². The number of hydrogen-bond acceptors (Lipinski definition) is 4. The van der Waals surface area contributed by atoms with Crippen molar-refractivity contribution in [2.45, 2.75) is 39.8 Å². The molecule has 2 heterocycles. The fraction of sp³-hybridized carbons (Fsp3) is 0.625. The first-order chi connectivity index (χ1) is 10.1. The van der Waals surface area contributed by atoms with Crippen LogP contribution in [0.25, 0.3) is 0 Å². The summed E-state index contributed by atoms with van der Waals surface area (Å²) in [6, 6.07) is 4.57. The molecule has 0 saturated carbocycles. The minimum absolute atomic E-state index is 0.166. The second-order valence-electron chi connectivity index (χ2n) is 5.87. The average molecular weight is 290 g/mol. The molecule has 5 nitrogen and oxygen atoms in total. The third kappa shape index (κ3) is 4.43. The monoisotopic (exact) mass is 290 g/mol. The highest BCUT2D eigenvalue weighted by atomic mass is 16.2. The second-order valence-corrected chi connectivity index (χ2v) is 5.87. The van der Waals surface area contributed by atoms with Gasteiger partial charge in [-0.2, -0.15) is 0 Å². The molecule has 1 aromatic heterocycles. The van der Waals surface area contributed by atoms with Gasteiger partial charge in [-0.1, -0.05) is 19.9 Å². The van der Waals surface area contributed by atoms with Crippen LogP contribution in [0, 0.1) is 0 Å². The van der Waals surface area contributed by atoms with E-state index in [9.17, 15) is 4.79 Å². The van der Waals surface area contributed by atoms with Gasteiger partial charge in [0.25, 0.3) is 0 Å². The van der Waals surface area contributed by atoms with Crippen molar-refractivity contribution in [3.8, 4) is 0 Å². The number of aromatic nitrogens is 1. The van der Waals surface area contributed by atoms with Crippen LogP contribution in [0.3, 0.4) is 0 Å². The predicted octanol–water partition coefficient (Wildman–Crippen LogP) is 1.64. The number of anilines is 1. The molecule has 5 heteroatoms. The second kappa shape index (κ2) is 7.41. The first-order valence-electron chi connectivity index (χ1n) is 7.75. The molecule has 0 bridgehead atoms. The van der Waals surface area contributed by atoms with Gasteiger partial charge >= 0.3 is 0 Å². The number of nitrogens with one attached hydrogen (secondary N) is 1. The number of carbonyl (C=O) groups excluding carboxylic acids is 1. The Bertz CT molecular complexity index is 475. The highest BCUT2D eigenvalue weighted by Gasteiger charge is 2.19. The van der Waals surface area contributed by atoms with Gasteiger partial charge in [-0.05, 0) is 12.5 Å². The Hall–Kier alpha value is -1.62. The van der Waals surface area contributed by atoms with Crippen LogP contribution in [0.4, 0.5) is 5.82 Å². The first kappa shape index (κ1) is 15.8. The minimum atomic E-state index is 0.166. The summed E-state index contributed by atoms with van der Waals surface area (Å²) in [5.41, 5.74) is 1.22. The molecule has 1 aliphatic rings. The molecule has 2 rings (SSSR count). The van der Waals surface area contributed by atoms with Crippen molar-refractivity contribution in [2.75, 3.05) is 31.1 Å². The Labute approximate surface area is 127 Å². The maximum absolute atomic E-state index is 11.5. The highest BCUT2D eigenvalue weighted by Crippen LogP contribution is 2.19. The topological polar surface area (TPSA) is 48.5 Å². The van der Waals surface area contributed by atoms with Crippen molar-refractivity contribution in [3.63, 3.8) is 0 Å². The lowest BCUT2D eigenvalue weighted by Gasteiger charge is -2.25. The zero-order valence-corrected chi connectivity index (χ0v) is 13.3. The Morgan fingerprint density at radius 3 is 2.86 bits per heavy atom. The number of carbonyl (C=O) groups is 1. The van der Waals surface area contributed by atoms with Crippen LogP contribution in [0.1, 0.15) is 32.8 Å². The van der Waals surface area contributed by atoms with Gasteiger partial charge in [-0.25, -0.2) is 4.98 Å². The van der Waals surface area contributed by atoms with E-state index in [4.69, 9.17) is 0 Å². The van der Waals surface area contributed by atoms with Gasteiger partial charge < -0.3 is 15.1 Å². The lowest BCUT2D eigenvalue weighted by molar-refractivity contribution is -0.128.